The molecule has 0 aliphatic carbocycles. The van der Waals surface area contributed by atoms with E-state index in [0.29, 0.717) is 25.6 Å². The van der Waals surface area contributed by atoms with E-state index in [4.69, 9.17) is 5.73 Å². The first kappa shape index (κ1) is 14.4. The number of piperidine rings is 1. The topological polar surface area (TPSA) is 63.4 Å². The average molecular weight is 286 g/mol. The van der Waals surface area contributed by atoms with Crippen molar-refractivity contribution in [3.8, 4) is 0 Å². The van der Waals surface area contributed by atoms with Gasteiger partial charge in [-0.3, -0.25) is 0 Å². The maximum atomic E-state index is 13.2. The zero-order valence-corrected chi connectivity index (χ0v) is 11.6. The zero-order valence-electron chi connectivity index (χ0n) is 10.8. The van der Waals surface area contributed by atoms with Crippen LogP contribution in [-0.4, -0.2) is 32.4 Å². The van der Waals surface area contributed by atoms with Crippen LogP contribution in [0, 0.1) is 11.7 Å². The van der Waals surface area contributed by atoms with Crippen LogP contribution >= 0.6 is 0 Å². The van der Waals surface area contributed by atoms with Gasteiger partial charge in [0, 0.05) is 13.1 Å². The smallest absolute Gasteiger partial charge is 0.243 e. The van der Waals surface area contributed by atoms with Gasteiger partial charge in [0.15, 0.2) is 0 Å². The maximum Gasteiger partial charge on any atom is 0.243 e. The lowest BCUT2D eigenvalue weighted by atomic mass is 9.96. The average Bonchev–Trinajstić information content (AvgIpc) is 2.39. The molecular formula is C13H19FN2O2S. The predicted octanol–water partition coefficient (Wildman–Crippen LogP) is 1.58. The first-order valence-electron chi connectivity index (χ1n) is 6.50. The van der Waals surface area contributed by atoms with Crippen molar-refractivity contribution in [2.45, 2.75) is 24.2 Å². The van der Waals surface area contributed by atoms with Crippen molar-refractivity contribution in [2.75, 3.05) is 19.6 Å². The first-order chi connectivity index (χ1) is 9.04. The predicted molar refractivity (Wildman–Crippen MR) is 71.6 cm³/mol. The molecule has 1 unspecified atom stereocenters. The molecule has 0 radical (unpaired) electrons. The molecule has 1 aliphatic rings. The fourth-order valence-corrected chi connectivity index (χ4v) is 4.08. The van der Waals surface area contributed by atoms with Gasteiger partial charge in [-0.1, -0.05) is 6.07 Å². The second kappa shape index (κ2) is 5.98. The normalized spacial score (nSPS) is 21.5. The summed E-state index contributed by atoms with van der Waals surface area (Å²) in [6.45, 7) is 1.55. The Morgan fingerprint density at radius 3 is 2.89 bits per heavy atom. The van der Waals surface area contributed by atoms with E-state index in [1.54, 1.807) is 0 Å². The molecule has 0 spiro atoms. The monoisotopic (exact) mass is 286 g/mol. The third-order valence-electron chi connectivity index (χ3n) is 3.49. The van der Waals surface area contributed by atoms with Gasteiger partial charge in [0.1, 0.15) is 5.82 Å². The Morgan fingerprint density at radius 1 is 1.42 bits per heavy atom. The number of halogens is 1. The minimum Gasteiger partial charge on any atom is -0.330 e. The molecule has 1 atom stereocenters. The van der Waals surface area contributed by atoms with Crippen molar-refractivity contribution < 1.29 is 12.8 Å². The first-order valence-corrected chi connectivity index (χ1v) is 7.94. The van der Waals surface area contributed by atoms with E-state index in [-0.39, 0.29) is 4.90 Å². The second-order valence-corrected chi connectivity index (χ2v) is 6.84. The Bertz CT molecular complexity index is 531. The molecule has 0 amide bonds. The molecular weight excluding hydrogens is 267 g/mol. The molecule has 6 heteroatoms. The van der Waals surface area contributed by atoms with Gasteiger partial charge in [0.25, 0.3) is 0 Å². The van der Waals surface area contributed by atoms with Crippen LogP contribution < -0.4 is 5.73 Å². The molecule has 0 saturated carbocycles. The number of rotatable bonds is 4. The highest BCUT2D eigenvalue weighted by Gasteiger charge is 2.29. The summed E-state index contributed by atoms with van der Waals surface area (Å²) >= 11 is 0. The number of nitrogens with two attached hydrogens (primary N) is 1. The molecule has 1 aliphatic heterocycles. The largest absolute Gasteiger partial charge is 0.330 e. The SMILES string of the molecule is NCCC1CCCN(S(=O)(=O)c2cccc(F)c2)C1. The summed E-state index contributed by atoms with van der Waals surface area (Å²) < 4.78 is 39.4. The highest BCUT2D eigenvalue weighted by molar-refractivity contribution is 7.89. The number of hydrogen-bond donors (Lipinski definition) is 1. The molecule has 0 aromatic heterocycles. The summed E-state index contributed by atoms with van der Waals surface area (Å²) in [5.41, 5.74) is 5.53. The minimum absolute atomic E-state index is 0.0286. The van der Waals surface area contributed by atoms with Crippen LogP contribution in [0.25, 0.3) is 0 Å². The summed E-state index contributed by atoms with van der Waals surface area (Å²) in [6, 6.07) is 5.17. The minimum atomic E-state index is -3.58. The number of benzene rings is 1. The van der Waals surface area contributed by atoms with E-state index in [1.807, 2.05) is 0 Å². The molecule has 2 N–H and O–H groups in total. The van der Waals surface area contributed by atoms with E-state index in [1.165, 1.54) is 22.5 Å². The summed E-state index contributed by atoms with van der Waals surface area (Å²) in [5.74, 6) is -0.223. The lowest BCUT2D eigenvalue weighted by Gasteiger charge is -2.31. The van der Waals surface area contributed by atoms with Crippen molar-refractivity contribution >= 4 is 10.0 Å². The Kier molecular flexibility index (Phi) is 4.54. The maximum absolute atomic E-state index is 13.2. The number of hydrogen-bond acceptors (Lipinski definition) is 3. The standard InChI is InChI=1S/C13H19FN2O2S/c14-12-4-1-5-13(9-12)19(17,18)16-8-2-3-11(10-16)6-7-15/h1,4-5,9,11H,2-3,6-8,10,15H2. The molecule has 4 nitrogen and oxygen atoms in total. The molecule has 106 valence electrons. The molecule has 2 rings (SSSR count). The number of nitrogens with zero attached hydrogens (tertiary/aromatic N) is 1. The lowest BCUT2D eigenvalue weighted by molar-refractivity contribution is 0.258. The van der Waals surface area contributed by atoms with Crippen LogP contribution in [0.5, 0.6) is 0 Å². The van der Waals surface area contributed by atoms with Gasteiger partial charge in [-0.05, 0) is 49.9 Å². The van der Waals surface area contributed by atoms with Crippen molar-refractivity contribution in [1.29, 1.82) is 0 Å². The Labute approximate surface area is 113 Å². The van der Waals surface area contributed by atoms with Crippen LogP contribution in [0.4, 0.5) is 4.39 Å². The Hall–Kier alpha value is -0.980. The Morgan fingerprint density at radius 2 is 2.21 bits per heavy atom. The molecule has 1 heterocycles. The molecule has 1 aromatic rings. The summed E-state index contributed by atoms with van der Waals surface area (Å²) in [4.78, 5) is 0.0286. The summed E-state index contributed by atoms with van der Waals surface area (Å²) in [6.07, 6.45) is 2.67. The van der Waals surface area contributed by atoms with E-state index < -0.39 is 15.8 Å². The third kappa shape index (κ3) is 3.32. The van der Waals surface area contributed by atoms with Gasteiger partial charge in [0.2, 0.25) is 10.0 Å². The molecule has 19 heavy (non-hydrogen) atoms. The van der Waals surface area contributed by atoms with Gasteiger partial charge in [0.05, 0.1) is 4.90 Å². The molecule has 1 fully saturated rings. The van der Waals surface area contributed by atoms with Crippen molar-refractivity contribution in [1.82, 2.24) is 4.31 Å². The lowest BCUT2D eigenvalue weighted by Crippen LogP contribution is -2.40. The van der Waals surface area contributed by atoms with E-state index in [9.17, 15) is 12.8 Å². The molecule has 1 aromatic carbocycles. The highest BCUT2D eigenvalue weighted by Crippen LogP contribution is 2.25. The fourth-order valence-electron chi connectivity index (χ4n) is 2.49. The van der Waals surface area contributed by atoms with E-state index >= 15 is 0 Å². The van der Waals surface area contributed by atoms with Gasteiger partial charge in [-0.25, -0.2) is 12.8 Å². The zero-order chi connectivity index (χ0) is 13.9. The second-order valence-electron chi connectivity index (χ2n) is 4.91. The van der Waals surface area contributed by atoms with Crippen molar-refractivity contribution in [3.05, 3.63) is 30.1 Å². The van der Waals surface area contributed by atoms with Crippen LogP contribution in [0.15, 0.2) is 29.2 Å². The van der Waals surface area contributed by atoms with Crippen LogP contribution in [-0.2, 0) is 10.0 Å². The Balaban J connectivity index is 2.19. The summed E-state index contributed by atoms with van der Waals surface area (Å²) in [7, 11) is -3.58. The molecule has 0 bridgehead atoms. The van der Waals surface area contributed by atoms with E-state index in [0.717, 1.165) is 25.3 Å². The van der Waals surface area contributed by atoms with Gasteiger partial charge < -0.3 is 5.73 Å². The van der Waals surface area contributed by atoms with Gasteiger partial charge in [-0.2, -0.15) is 4.31 Å². The van der Waals surface area contributed by atoms with Gasteiger partial charge in [-0.15, -0.1) is 0 Å². The van der Waals surface area contributed by atoms with Crippen LogP contribution in [0.2, 0.25) is 0 Å². The quantitative estimate of drug-likeness (QED) is 0.914. The van der Waals surface area contributed by atoms with Crippen LogP contribution in [0.3, 0.4) is 0 Å². The fraction of sp³-hybridized carbons (Fsp3) is 0.538. The summed E-state index contributed by atoms with van der Waals surface area (Å²) in [5, 5.41) is 0. The van der Waals surface area contributed by atoms with Crippen molar-refractivity contribution in [2.24, 2.45) is 11.7 Å². The van der Waals surface area contributed by atoms with Gasteiger partial charge >= 0.3 is 0 Å². The number of sulfonamides is 1. The molecule has 1 saturated heterocycles. The van der Waals surface area contributed by atoms with Crippen LogP contribution in [0.1, 0.15) is 19.3 Å². The highest BCUT2D eigenvalue weighted by atomic mass is 32.2. The van der Waals surface area contributed by atoms with E-state index in [2.05, 4.69) is 0 Å². The van der Waals surface area contributed by atoms with Crippen molar-refractivity contribution in [3.63, 3.8) is 0 Å². The third-order valence-corrected chi connectivity index (χ3v) is 5.35.